The minimum atomic E-state index is 0.850. The Morgan fingerprint density at radius 1 is 1.06 bits per heavy atom. The number of benzene rings is 1. The molecule has 2 aliphatic rings. The van der Waals surface area contributed by atoms with Crippen LogP contribution in [-0.4, -0.2) is 39.7 Å². The molecule has 1 aromatic carbocycles. The van der Waals surface area contributed by atoms with E-state index in [1.54, 1.807) is 0 Å². The fraction of sp³-hybridized carbons (Fsp3) is 0.346. The van der Waals surface area contributed by atoms with E-state index in [4.69, 9.17) is 0 Å². The third-order valence-corrected chi connectivity index (χ3v) is 8.19. The van der Waals surface area contributed by atoms with Gasteiger partial charge in [-0.2, -0.15) is 0 Å². The number of pyridine rings is 1. The molecule has 5 heteroatoms. The molecule has 0 bridgehead atoms. The van der Waals surface area contributed by atoms with Crippen LogP contribution in [0.15, 0.2) is 76.1 Å². The Kier molecular flexibility index (Phi) is 6.83. The lowest BCUT2D eigenvalue weighted by Crippen LogP contribution is -2.35. The van der Waals surface area contributed by atoms with Crippen LogP contribution in [0.25, 0.3) is 11.7 Å². The molecule has 2 aromatic heterocycles. The molecule has 160 valence electrons. The van der Waals surface area contributed by atoms with Crippen molar-refractivity contribution in [3.05, 3.63) is 82.4 Å². The molecular weight excluding hydrogens is 418 g/mol. The predicted octanol–water partition coefficient (Wildman–Crippen LogP) is 6.37. The number of nitrogens with zero attached hydrogens (tertiary/aromatic N) is 3. The fourth-order valence-corrected chi connectivity index (χ4v) is 6.46. The maximum atomic E-state index is 4.49. The van der Waals surface area contributed by atoms with Gasteiger partial charge in [-0.1, -0.05) is 48.2 Å². The monoisotopic (exact) mass is 447 g/mol. The van der Waals surface area contributed by atoms with Crippen LogP contribution in [0, 0.1) is 5.92 Å². The van der Waals surface area contributed by atoms with Crippen LogP contribution in [-0.2, 0) is 6.42 Å². The van der Waals surface area contributed by atoms with Gasteiger partial charge in [-0.25, -0.2) is 4.98 Å². The molecule has 3 aromatic rings. The van der Waals surface area contributed by atoms with Crippen molar-refractivity contribution < 1.29 is 0 Å². The number of thioether (sulfide) groups is 2. The minimum Gasteiger partial charge on any atom is -0.303 e. The molecule has 0 amide bonds. The van der Waals surface area contributed by atoms with Gasteiger partial charge in [-0.3, -0.25) is 4.40 Å². The van der Waals surface area contributed by atoms with Gasteiger partial charge >= 0.3 is 0 Å². The highest BCUT2D eigenvalue weighted by atomic mass is 32.2. The van der Waals surface area contributed by atoms with E-state index in [9.17, 15) is 0 Å². The molecule has 0 radical (unpaired) electrons. The van der Waals surface area contributed by atoms with Gasteiger partial charge in [0.05, 0.1) is 16.9 Å². The average molecular weight is 448 g/mol. The second-order valence-electron chi connectivity index (χ2n) is 8.40. The molecule has 3 nitrogen and oxygen atoms in total. The number of hydrogen-bond acceptors (Lipinski definition) is 4. The van der Waals surface area contributed by atoms with Crippen molar-refractivity contribution in [3.8, 4) is 0 Å². The lowest BCUT2D eigenvalue weighted by atomic mass is 9.98. The maximum absolute atomic E-state index is 4.49. The number of aryl methyl sites for hydroxylation is 1. The Balaban J connectivity index is 1.03. The molecule has 0 N–H and O–H groups in total. The van der Waals surface area contributed by atoms with E-state index < -0.39 is 0 Å². The van der Waals surface area contributed by atoms with E-state index >= 15 is 0 Å². The Morgan fingerprint density at radius 3 is 2.81 bits per heavy atom. The minimum absolute atomic E-state index is 0.850. The molecule has 0 saturated carbocycles. The SMILES string of the molecule is C(=CC1=Cc2cnc3cccc(n23)S1)SCC1CCN(CCCc2ccccc2)CC1. The van der Waals surface area contributed by atoms with Gasteiger partial charge in [-0.15, -0.1) is 11.8 Å². The topological polar surface area (TPSA) is 20.5 Å². The zero-order chi connectivity index (χ0) is 20.9. The summed E-state index contributed by atoms with van der Waals surface area (Å²) in [5, 5.41) is 3.54. The van der Waals surface area contributed by atoms with E-state index in [1.807, 2.05) is 29.7 Å². The van der Waals surface area contributed by atoms with E-state index in [1.165, 1.54) is 72.3 Å². The number of imidazole rings is 1. The van der Waals surface area contributed by atoms with E-state index in [-0.39, 0.29) is 0 Å². The predicted molar refractivity (Wildman–Crippen MR) is 135 cm³/mol. The summed E-state index contributed by atoms with van der Waals surface area (Å²) in [5.74, 6) is 2.09. The van der Waals surface area contributed by atoms with Crippen LogP contribution in [0.3, 0.4) is 0 Å². The molecule has 31 heavy (non-hydrogen) atoms. The number of hydrogen-bond donors (Lipinski definition) is 0. The van der Waals surface area contributed by atoms with Crippen molar-refractivity contribution in [2.24, 2.45) is 5.92 Å². The van der Waals surface area contributed by atoms with Gasteiger partial charge in [0.2, 0.25) is 0 Å². The first kappa shape index (κ1) is 20.9. The number of likely N-dealkylation sites (tertiary alicyclic amines) is 1. The second kappa shape index (κ2) is 10.1. The molecule has 1 saturated heterocycles. The van der Waals surface area contributed by atoms with E-state index in [0.29, 0.717) is 0 Å². The first-order valence-corrected chi connectivity index (χ1v) is 13.1. The van der Waals surface area contributed by atoms with Crippen LogP contribution >= 0.6 is 23.5 Å². The van der Waals surface area contributed by atoms with Crippen LogP contribution in [0.5, 0.6) is 0 Å². The van der Waals surface area contributed by atoms with Crippen molar-refractivity contribution in [1.29, 1.82) is 0 Å². The van der Waals surface area contributed by atoms with Gasteiger partial charge in [0.1, 0.15) is 5.65 Å². The summed E-state index contributed by atoms with van der Waals surface area (Å²) in [7, 11) is 0. The van der Waals surface area contributed by atoms with Crippen molar-refractivity contribution in [3.63, 3.8) is 0 Å². The Labute approximate surface area is 193 Å². The summed E-state index contributed by atoms with van der Waals surface area (Å²) >= 11 is 3.79. The van der Waals surface area contributed by atoms with Gasteiger partial charge < -0.3 is 4.90 Å². The summed E-state index contributed by atoms with van der Waals surface area (Å²) in [6.07, 6.45) is 11.6. The number of rotatable bonds is 8. The van der Waals surface area contributed by atoms with Gasteiger partial charge in [0, 0.05) is 10.7 Å². The maximum Gasteiger partial charge on any atom is 0.138 e. The van der Waals surface area contributed by atoms with Crippen molar-refractivity contribution in [2.45, 2.75) is 30.7 Å². The molecule has 0 spiro atoms. The van der Waals surface area contributed by atoms with Crippen molar-refractivity contribution in [2.75, 3.05) is 25.4 Å². The molecule has 1 fully saturated rings. The molecule has 0 unspecified atom stereocenters. The lowest BCUT2D eigenvalue weighted by Gasteiger charge is -2.31. The summed E-state index contributed by atoms with van der Waals surface area (Å²) < 4.78 is 2.22. The quantitative estimate of drug-likeness (QED) is 0.399. The molecule has 0 aliphatic carbocycles. The second-order valence-corrected chi connectivity index (χ2v) is 10.4. The van der Waals surface area contributed by atoms with Crippen molar-refractivity contribution >= 4 is 35.2 Å². The Bertz CT molecular complexity index is 1060. The van der Waals surface area contributed by atoms with Crippen LogP contribution in [0.1, 0.15) is 30.5 Å². The average Bonchev–Trinajstić information content (AvgIpc) is 3.23. The zero-order valence-corrected chi connectivity index (χ0v) is 19.5. The molecule has 5 rings (SSSR count). The highest BCUT2D eigenvalue weighted by Crippen LogP contribution is 2.35. The van der Waals surface area contributed by atoms with Crippen LogP contribution < -0.4 is 0 Å². The highest BCUT2D eigenvalue weighted by Gasteiger charge is 2.18. The molecular formula is C26H29N3S2. The summed E-state index contributed by atoms with van der Waals surface area (Å²) in [5.41, 5.74) is 3.67. The number of piperidine rings is 1. The summed E-state index contributed by atoms with van der Waals surface area (Å²) in [6, 6.07) is 17.2. The van der Waals surface area contributed by atoms with Gasteiger partial charge in [0.15, 0.2) is 0 Å². The van der Waals surface area contributed by atoms with Crippen LogP contribution in [0.4, 0.5) is 0 Å². The first-order valence-electron chi connectivity index (χ1n) is 11.3. The molecule has 4 heterocycles. The lowest BCUT2D eigenvalue weighted by molar-refractivity contribution is 0.192. The smallest absolute Gasteiger partial charge is 0.138 e. The summed E-state index contributed by atoms with van der Waals surface area (Å²) in [6.45, 7) is 3.76. The third-order valence-electron chi connectivity index (χ3n) is 6.18. The van der Waals surface area contributed by atoms with Gasteiger partial charge in [0.25, 0.3) is 0 Å². The first-order chi connectivity index (χ1) is 15.3. The summed E-state index contributed by atoms with van der Waals surface area (Å²) in [4.78, 5) is 8.45. The normalized spacial score (nSPS) is 17.5. The van der Waals surface area contributed by atoms with E-state index in [2.05, 4.69) is 80.4 Å². The standard InChI is InChI=1S/C26H29N3S2/c1-2-6-21(7-3-1)8-5-14-28-15-11-22(12-16-28)20-30-17-13-24-18-23-19-27-25-9-4-10-26(31-24)29(23)25/h1-4,6-7,9-10,13,17-19,22H,5,8,11-12,14-16,20H2. The van der Waals surface area contributed by atoms with E-state index in [0.717, 1.165) is 11.6 Å². The Hall–Kier alpha value is -1.95. The third kappa shape index (κ3) is 5.28. The fourth-order valence-electron chi connectivity index (χ4n) is 4.42. The zero-order valence-electron chi connectivity index (χ0n) is 17.8. The van der Waals surface area contributed by atoms with Crippen LogP contribution in [0.2, 0.25) is 0 Å². The molecule has 2 aliphatic heterocycles. The highest BCUT2D eigenvalue weighted by molar-refractivity contribution is 8.04. The van der Waals surface area contributed by atoms with Crippen molar-refractivity contribution in [1.82, 2.24) is 14.3 Å². The number of allylic oxidation sites excluding steroid dienone is 1. The molecule has 0 atom stereocenters. The Morgan fingerprint density at radius 2 is 1.94 bits per heavy atom. The largest absolute Gasteiger partial charge is 0.303 e. The number of aromatic nitrogens is 2. The van der Waals surface area contributed by atoms with Gasteiger partial charge in [-0.05, 0) is 86.5 Å².